The highest BCUT2D eigenvalue weighted by Crippen LogP contribution is 2.43. The third-order valence-electron chi connectivity index (χ3n) is 4.27. The van der Waals surface area contributed by atoms with Crippen molar-refractivity contribution in [2.75, 3.05) is 0 Å². The van der Waals surface area contributed by atoms with Gasteiger partial charge in [-0.15, -0.1) is 0 Å². The van der Waals surface area contributed by atoms with Crippen LogP contribution in [0.5, 0.6) is 0 Å². The van der Waals surface area contributed by atoms with E-state index in [-0.39, 0.29) is 16.7 Å². The van der Waals surface area contributed by atoms with E-state index in [1.165, 1.54) is 18.2 Å². The predicted octanol–water partition coefficient (Wildman–Crippen LogP) is 1.60. The fraction of sp³-hybridized carbons (Fsp3) is 0.467. The second kappa shape index (κ2) is 5.83. The lowest BCUT2D eigenvalue weighted by Gasteiger charge is -2.40. The van der Waals surface area contributed by atoms with Crippen LogP contribution in [0, 0.1) is 0 Å². The second-order valence-electron chi connectivity index (χ2n) is 5.46. The maximum atomic E-state index is 11.4. The molecule has 6 nitrogen and oxygen atoms in total. The van der Waals surface area contributed by atoms with E-state index in [2.05, 4.69) is 0 Å². The maximum absolute atomic E-state index is 11.4. The minimum Gasteiger partial charge on any atom is -0.478 e. The van der Waals surface area contributed by atoms with Crippen LogP contribution in [0.2, 0.25) is 0 Å². The van der Waals surface area contributed by atoms with Crippen molar-refractivity contribution in [3.05, 3.63) is 34.9 Å². The lowest BCUT2D eigenvalue weighted by molar-refractivity contribution is -0.112. The van der Waals surface area contributed by atoms with Crippen molar-refractivity contribution in [1.29, 1.82) is 0 Å². The first-order valence-corrected chi connectivity index (χ1v) is 6.86. The number of carboxylic acid groups (broad SMARTS) is 2. The summed E-state index contributed by atoms with van der Waals surface area (Å²) in [5.41, 5.74) is -1.04. The first kappa shape index (κ1) is 15.5. The van der Waals surface area contributed by atoms with Crippen molar-refractivity contribution in [2.45, 2.75) is 43.8 Å². The fourth-order valence-corrected chi connectivity index (χ4v) is 3.13. The molecule has 1 aliphatic rings. The summed E-state index contributed by atoms with van der Waals surface area (Å²) in [7, 11) is 0. The van der Waals surface area contributed by atoms with Crippen molar-refractivity contribution in [3.8, 4) is 0 Å². The molecule has 0 heterocycles. The Kier molecular flexibility index (Phi) is 4.29. The van der Waals surface area contributed by atoms with Crippen molar-refractivity contribution in [1.82, 2.24) is 0 Å². The Balaban J connectivity index is 2.64. The van der Waals surface area contributed by atoms with Gasteiger partial charge >= 0.3 is 11.9 Å². The van der Waals surface area contributed by atoms with E-state index in [4.69, 9.17) is 5.11 Å². The van der Waals surface area contributed by atoms with Crippen LogP contribution in [0.4, 0.5) is 0 Å². The van der Waals surface area contributed by atoms with Crippen LogP contribution >= 0.6 is 0 Å². The van der Waals surface area contributed by atoms with Gasteiger partial charge in [0.25, 0.3) is 0 Å². The van der Waals surface area contributed by atoms with Gasteiger partial charge in [0.1, 0.15) is 0 Å². The Hall–Kier alpha value is -1.92. The highest BCUT2D eigenvalue weighted by molar-refractivity contribution is 5.93. The number of hydrogen-bond donors (Lipinski definition) is 4. The number of aliphatic hydroxyl groups excluding tert-OH is 1. The molecule has 2 rings (SSSR count). The number of carbonyl (C=O) groups is 2. The summed E-state index contributed by atoms with van der Waals surface area (Å²) in [4.78, 5) is 22.5. The topological polar surface area (TPSA) is 115 Å². The Labute approximate surface area is 121 Å². The van der Waals surface area contributed by atoms with Gasteiger partial charge < -0.3 is 20.4 Å². The molecule has 21 heavy (non-hydrogen) atoms. The molecule has 0 atom stereocenters. The van der Waals surface area contributed by atoms with Crippen LogP contribution in [0.25, 0.3) is 0 Å². The zero-order valence-corrected chi connectivity index (χ0v) is 11.5. The SMILES string of the molecule is O=C(O)c1ccc(C(=O)O)c(C2(C(O)O)CCCCC2)c1. The molecule has 0 radical (unpaired) electrons. The molecule has 0 aliphatic heterocycles. The summed E-state index contributed by atoms with van der Waals surface area (Å²) in [5, 5.41) is 38.1. The molecule has 0 spiro atoms. The predicted molar refractivity (Wildman–Crippen MR) is 73.3 cm³/mol. The van der Waals surface area contributed by atoms with E-state index >= 15 is 0 Å². The zero-order chi connectivity index (χ0) is 15.6. The molecule has 0 saturated heterocycles. The first-order chi connectivity index (χ1) is 9.88. The van der Waals surface area contributed by atoms with Gasteiger partial charge in [0, 0.05) is 5.41 Å². The smallest absolute Gasteiger partial charge is 0.335 e. The summed E-state index contributed by atoms with van der Waals surface area (Å²) < 4.78 is 0. The van der Waals surface area contributed by atoms with Crippen molar-refractivity contribution < 1.29 is 30.0 Å². The molecule has 1 fully saturated rings. The molecular formula is C15H18O6. The van der Waals surface area contributed by atoms with Gasteiger partial charge in [0.2, 0.25) is 0 Å². The van der Waals surface area contributed by atoms with E-state index in [9.17, 15) is 24.9 Å². The van der Waals surface area contributed by atoms with Crippen LogP contribution in [0.15, 0.2) is 18.2 Å². The first-order valence-electron chi connectivity index (χ1n) is 6.86. The quantitative estimate of drug-likeness (QED) is 0.627. The number of aromatic carboxylic acids is 2. The molecule has 6 heteroatoms. The lowest BCUT2D eigenvalue weighted by Crippen LogP contribution is -2.42. The molecule has 0 aromatic heterocycles. The Bertz CT molecular complexity index is 557. The largest absolute Gasteiger partial charge is 0.478 e. The number of rotatable bonds is 4. The van der Waals surface area contributed by atoms with Crippen molar-refractivity contribution >= 4 is 11.9 Å². The maximum Gasteiger partial charge on any atom is 0.335 e. The summed E-state index contributed by atoms with van der Waals surface area (Å²) in [6.07, 6.45) is 1.55. The minimum atomic E-state index is -1.72. The number of benzene rings is 1. The molecule has 1 aliphatic carbocycles. The van der Waals surface area contributed by atoms with Gasteiger partial charge in [-0.3, -0.25) is 0 Å². The molecule has 114 valence electrons. The second-order valence-corrected chi connectivity index (χ2v) is 5.46. The Morgan fingerprint density at radius 3 is 2.10 bits per heavy atom. The fourth-order valence-electron chi connectivity index (χ4n) is 3.13. The highest BCUT2D eigenvalue weighted by Gasteiger charge is 2.42. The van der Waals surface area contributed by atoms with E-state index in [1.807, 2.05) is 0 Å². The van der Waals surface area contributed by atoms with Crippen molar-refractivity contribution in [3.63, 3.8) is 0 Å². The standard InChI is InChI=1S/C15H18O6/c16-12(17)9-4-5-10(13(18)19)11(8-9)15(14(20)21)6-2-1-3-7-15/h4-5,8,14,20-21H,1-3,6-7H2,(H,16,17)(H,18,19). The van der Waals surface area contributed by atoms with Gasteiger partial charge in [-0.2, -0.15) is 0 Å². The number of carboxylic acids is 2. The third kappa shape index (κ3) is 2.77. The van der Waals surface area contributed by atoms with Gasteiger partial charge in [0.05, 0.1) is 11.1 Å². The van der Waals surface area contributed by atoms with E-state index in [0.29, 0.717) is 12.8 Å². The molecular weight excluding hydrogens is 276 g/mol. The van der Waals surface area contributed by atoms with Crippen LogP contribution in [-0.2, 0) is 5.41 Å². The Morgan fingerprint density at radius 2 is 1.62 bits per heavy atom. The van der Waals surface area contributed by atoms with E-state index in [0.717, 1.165) is 19.3 Å². The Morgan fingerprint density at radius 1 is 1.00 bits per heavy atom. The van der Waals surface area contributed by atoms with E-state index in [1.54, 1.807) is 0 Å². The number of aliphatic hydroxyl groups is 2. The van der Waals surface area contributed by atoms with Gasteiger partial charge in [-0.05, 0) is 36.6 Å². The van der Waals surface area contributed by atoms with Gasteiger partial charge in [-0.25, -0.2) is 9.59 Å². The van der Waals surface area contributed by atoms with Gasteiger partial charge in [0.15, 0.2) is 6.29 Å². The average Bonchev–Trinajstić information content (AvgIpc) is 2.47. The highest BCUT2D eigenvalue weighted by atomic mass is 16.5. The minimum absolute atomic E-state index is 0.0550. The molecule has 0 amide bonds. The summed E-state index contributed by atoms with van der Waals surface area (Å²) >= 11 is 0. The third-order valence-corrected chi connectivity index (χ3v) is 4.27. The summed E-state index contributed by atoms with van der Waals surface area (Å²) in [5.74, 6) is -2.38. The lowest BCUT2D eigenvalue weighted by atomic mass is 9.67. The zero-order valence-electron chi connectivity index (χ0n) is 11.5. The van der Waals surface area contributed by atoms with Crippen LogP contribution in [0.1, 0.15) is 58.4 Å². The monoisotopic (exact) mass is 294 g/mol. The normalized spacial score (nSPS) is 17.7. The molecule has 0 unspecified atom stereocenters. The van der Waals surface area contributed by atoms with Crippen LogP contribution in [0.3, 0.4) is 0 Å². The van der Waals surface area contributed by atoms with Crippen LogP contribution < -0.4 is 0 Å². The van der Waals surface area contributed by atoms with Crippen molar-refractivity contribution in [2.24, 2.45) is 0 Å². The molecule has 1 aromatic rings. The molecule has 4 N–H and O–H groups in total. The molecule has 1 saturated carbocycles. The van der Waals surface area contributed by atoms with Crippen LogP contribution in [-0.4, -0.2) is 38.7 Å². The average molecular weight is 294 g/mol. The summed E-state index contributed by atoms with van der Waals surface area (Å²) in [6, 6.07) is 3.70. The molecule has 0 bridgehead atoms. The van der Waals surface area contributed by atoms with Gasteiger partial charge in [-0.1, -0.05) is 19.3 Å². The summed E-state index contributed by atoms with van der Waals surface area (Å²) in [6.45, 7) is 0. The number of hydrogen-bond acceptors (Lipinski definition) is 4. The van der Waals surface area contributed by atoms with E-state index < -0.39 is 23.6 Å². The molecule has 1 aromatic carbocycles.